The molecule has 0 saturated carbocycles. The lowest BCUT2D eigenvalue weighted by Crippen LogP contribution is -2.47. The third-order valence-corrected chi connectivity index (χ3v) is 3.30. The number of piperazine rings is 1. The van der Waals surface area contributed by atoms with Gasteiger partial charge in [0.25, 0.3) is 0 Å². The number of aromatic nitrogens is 2. The molecule has 0 amide bonds. The Labute approximate surface area is 108 Å². The van der Waals surface area contributed by atoms with Crippen LogP contribution in [-0.2, 0) is 6.42 Å². The van der Waals surface area contributed by atoms with Gasteiger partial charge in [0, 0.05) is 45.1 Å². The van der Waals surface area contributed by atoms with Crippen LogP contribution in [0, 0.1) is 0 Å². The number of hydrogen-bond acceptors (Lipinski definition) is 5. The third kappa shape index (κ3) is 3.40. The molecule has 0 bridgehead atoms. The summed E-state index contributed by atoms with van der Waals surface area (Å²) in [6.45, 7) is 6.99. The van der Waals surface area contributed by atoms with E-state index in [9.17, 15) is 0 Å². The number of rotatable bonds is 5. The Morgan fingerprint density at radius 2 is 1.83 bits per heavy atom. The van der Waals surface area contributed by atoms with Crippen molar-refractivity contribution in [3.05, 3.63) is 18.0 Å². The van der Waals surface area contributed by atoms with E-state index in [1.165, 1.54) is 5.56 Å². The summed E-state index contributed by atoms with van der Waals surface area (Å²) >= 11 is 0. The minimum absolute atomic E-state index is 0.238. The zero-order valence-corrected chi connectivity index (χ0v) is 11.0. The topological polar surface area (TPSA) is 52.5 Å². The van der Waals surface area contributed by atoms with Gasteiger partial charge in [-0.15, -0.1) is 0 Å². The Bertz CT molecular complexity index is 347. The van der Waals surface area contributed by atoms with Gasteiger partial charge < -0.3 is 10.0 Å². The molecule has 2 heterocycles. The first kappa shape index (κ1) is 13.2. The Kier molecular flexibility index (Phi) is 4.90. The highest BCUT2D eigenvalue weighted by atomic mass is 16.3. The average molecular weight is 250 g/mol. The summed E-state index contributed by atoms with van der Waals surface area (Å²) in [5.41, 5.74) is 1.21. The molecule has 5 nitrogen and oxygen atoms in total. The molecule has 0 spiro atoms. The van der Waals surface area contributed by atoms with Crippen LogP contribution < -0.4 is 4.90 Å². The molecule has 1 saturated heterocycles. The van der Waals surface area contributed by atoms with Gasteiger partial charge in [0.2, 0.25) is 5.95 Å². The minimum atomic E-state index is 0.238. The summed E-state index contributed by atoms with van der Waals surface area (Å²) in [6.07, 6.45) is 6.05. The lowest BCUT2D eigenvalue weighted by atomic mass is 10.2. The van der Waals surface area contributed by atoms with Crippen LogP contribution in [0.15, 0.2) is 12.4 Å². The van der Waals surface area contributed by atoms with Crippen molar-refractivity contribution in [1.29, 1.82) is 0 Å². The maximum atomic E-state index is 8.90. The van der Waals surface area contributed by atoms with E-state index in [1.807, 2.05) is 12.4 Å². The summed E-state index contributed by atoms with van der Waals surface area (Å²) in [7, 11) is 0. The van der Waals surface area contributed by atoms with E-state index < -0.39 is 0 Å². The van der Waals surface area contributed by atoms with Gasteiger partial charge in [-0.05, 0) is 12.0 Å². The highest BCUT2D eigenvalue weighted by Gasteiger charge is 2.18. The fourth-order valence-electron chi connectivity index (χ4n) is 2.24. The molecular weight excluding hydrogens is 228 g/mol. The molecule has 18 heavy (non-hydrogen) atoms. The van der Waals surface area contributed by atoms with Crippen molar-refractivity contribution in [3.8, 4) is 0 Å². The molecule has 0 aromatic carbocycles. The zero-order valence-electron chi connectivity index (χ0n) is 11.0. The van der Waals surface area contributed by atoms with Gasteiger partial charge >= 0.3 is 0 Å². The van der Waals surface area contributed by atoms with Crippen molar-refractivity contribution in [1.82, 2.24) is 14.9 Å². The predicted molar refractivity (Wildman–Crippen MR) is 71.8 cm³/mol. The molecule has 1 N–H and O–H groups in total. The Hall–Kier alpha value is -1.20. The Morgan fingerprint density at radius 3 is 2.39 bits per heavy atom. The van der Waals surface area contributed by atoms with E-state index in [-0.39, 0.29) is 6.61 Å². The molecule has 5 heteroatoms. The first-order chi connectivity index (χ1) is 8.83. The number of anilines is 1. The Balaban J connectivity index is 1.89. The lowest BCUT2D eigenvalue weighted by molar-refractivity contribution is 0.188. The number of nitrogens with zero attached hydrogens (tertiary/aromatic N) is 4. The SMILES string of the molecule is CCCc1cnc(N2CCN(CCO)CC2)nc1. The maximum absolute atomic E-state index is 8.90. The highest BCUT2D eigenvalue weighted by molar-refractivity contribution is 5.30. The number of aryl methyl sites for hydroxylation is 1. The van der Waals surface area contributed by atoms with Crippen LogP contribution in [-0.4, -0.2) is 59.3 Å². The van der Waals surface area contributed by atoms with E-state index in [0.29, 0.717) is 0 Å². The van der Waals surface area contributed by atoms with E-state index in [1.54, 1.807) is 0 Å². The molecule has 1 aliphatic rings. The van der Waals surface area contributed by atoms with Crippen LogP contribution in [0.1, 0.15) is 18.9 Å². The zero-order chi connectivity index (χ0) is 12.8. The largest absolute Gasteiger partial charge is 0.395 e. The van der Waals surface area contributed by atoms with Crippen molar-refractivity contribution in [3.63, 3.8) is 0 Å². The van der Waals surface area contributed by atoms with E-state index >= 15 is 0 Å². The normalized spacial score (nSPS) is 17.1. The van der Waals surface area contributed by atoms with Gasteiger partial charge in [0.05, 0.1) is 6.61 Å². The van der Waals surface area contributed by atoms with E-state index in [0.717, 1.165) is 51.5 Å². The van der Waals surface area contributed by atoms with Crippen LogP contribution in [0.5, 0.6) is 0 Å². The fraction of sp³-hybridized carbons (Fsp3) is 0.692. The molecular formula is C13H22N4O. The van der Waals surface area contributed by atoms with Crippen molar-refractivity contribution in [2.24, 2.45) is 0 Å². The van der Waals surface area contributed by atoms with Crippen LogP contribution in [0.3, 0.4) is 0 Å². The quantitative estimate of drug-likeness (QED) is 0.827. The van der Waals surface area contributed by atoms with Crippen molar-refractivity contribution in [2.75, 3.05) is 44.2 Å². The van der Waals surface area contributed by atoms with E-state index in [2.05, 4.69) is 26.7 Å². The molecule has 0 aliphatic carbocycles. The molecule has 1 fully saturated rings. The molecule has 0 atom stereocenters. The summed E-state index contributed by atoms with van der Waals surface area (Å²) in [5.74, 6) is 0.832. The van der Waals surface area contributed by atoms with Crippen molar-refractivity contribution < 1.29 is 5.11 Å². The molecule has 2 rings (SSSR count). The summed E-state index contributed by atoms with van der Waals surface area (Å²) in [6, 6.07) is 0. The van der Waals surface area contributed by atoms with Gasteiger partial charge in [0.1, 0.15) is 0 Å². The summed E-state index contributed by atoms with van der Waals surface area (Å²) < 4.78 is 0. The fourth-order valence-corrected chi connectivity index (χ4v) is 2.24. The van der Waals surface area contributed by atoms with Crippen LogP contribution in [0.25, 0.3) is 0 Å². The highest BCUT2D eigenvalue weighted by Crippen LogP contribution is 2.11. The molecule has 100 valence electrons. The second-order valence-electron chi connectivity index (χ2n) is 4.69. The predicted octanol–water partition coefficient (Wildman–Crippen LogP) is 0.543. The van der Waals surface area contributed by atoms with Crippen molar-refractivity contribution >= 4 is 5.95 Å². The van der Waals surface area contributed by atoms with Gasteiger partial charge in [0.15, 0.2) is 0 Å². The second-order valence-corrected chi connectivity index (χ2v) is 4.69. The number of aliphatic hydroxyl groups excluding tert-OH is 1. The lowest BCUT2D eigenvalue weighted by Gasteiger charge is -2.34. The van der Waals surface area contributed by atoms with Gasteiger partial charge in [-0.2, -0.15) is 0 Å². The first-order valence-electron chi connectivity index (χ1n) is 6.72. The van der Waals surface area contributed by atoms with Crippen LogP contribution in [0.2, 0.25) is 0 Å². The molecule has 1 aliphatic heterocycles. The molecule has 1 aromatic heterocycles. The molecule has 0 radical (unpaired) electrons. The summed E-state index contributed by atoms with van der Waals surface area (Å²) in [4.78, 5) is 13.4. The molecule has 0 unspecified atom stereocenters. The average Bonchev–Trinajstić information content (AvgIpc) is 2.41. The second kappa shape index (κ2) is 6.66. The summed E-state index contributed by atoms with van der Waals surface area (Å²) in [5, 5.41) is 8.90. The van der Waals surface area contributed by atoms with Crippen LogP contribution >= 0.6 is 0 Å². The third-order valence-electron chi connectivity index (χ3n) is 3.30. The number of hydrogen-bond donors (Lipinski definition) is 1. The van der Waals surface area contributed by atoms with Crippen molar-refractivity contribution in [2.45, 2.75) is 19.8 Å². The smallest absolute Gasteiger partial charge is 0.225 e. The minimum Gasteiger partial charge on any atom is -0.395 e. The van der Waals surface area contributed by atoms with Gasteiger partial charge in [-0.1, -0.05) is 13.3 Å². The van der Waals surface area contributed by atoms with Gasteiger partial charge in [-0.3, -0.25) is 4.90 Å². The Morgan fingerprint density at radius 1 is 1.17 bits per heavy atom. The van der Waals surface area contributed by atoms with Gasteiger partial charge in [-0.25, -0.2) is 9.97 Å². The monoisotopic (exact) mass is 250 g/mol. The standard InChI is InChI=1S/C13H22N4O/c1-2-3-12-10-14-13(15-11-12)17-6-4-16(5-7-17)8-9-18/h10-11,18H,2-9H2,1H3. The van der Waals surface area contributed by atoms with E-state index in [4.69, 9.17) is 5.11 Å². The van der Waals surface area contributed by atoms with Crippen LogP contribution in [0.4, 0.5) is 5.95 Å². The number of β-amino-alcohol motifs (C(OH)–C–C–N with tert-alkyl or cyclic N) is 1. The maximum Gasteiger partial charge on any atom is 0.225 e. The molecule has 1 aromatic rings. The first-order valence-corrected chi connectivity index (χ1v) is 6.72. The number of aliphatic hydroxyl groups is 1.